The minimum Gasteiger partial charge on any atom is -0.287 e. The highest BCUT2D eigenvalue weighted by Gasteiger charge is 2.16. The van der Waals surface area contributed by atoms with Crippen molar-refractivity contribution in [3.05, 3.63) is 23.9 Å². The lowest BCUT2D eigenvalue weighted by molar-refractivity contribution is 0.261. The van der Waals surface area contributed by atoms with Crippen molar-refractivity contribution in [2.75, 3.05) is 11.6 Å². The van der Waals surface area contributed by atoms with Crippen LogP contribution in [-0.2, 0) is 6.42 Å². The molecule has 2 heterocycles. The van der Waals surface area contributed by atoms with Gasteiger partial charge in [0.1, 0.15) is 0 Å². The van der Waals surface area contributed by atoms with E-state index in [1.807, 2.05) is 12.1 Å². The van der Waals surface area contributed by atoms with Gasteiger partial charge in [-0.2, -0.15) is 0 Å². The van der Waals surface area contributed by atoms with Gasteiger partial charge in [0.2, 0.25) is 0 Å². The van der Waals surface area contributed by atoms with Gasteiger partial charge in [0.05, 0.1) is 6.54 Å². The van der Waals surface area contributed by atoms with E-state index in [0.29, 0.717) is 12.4 Å². The van der Waals surface area contributed by atoms with Crippen molar-refractivity contribution in [3.63, 3.8) is 0 Å². The van der Waals surface area contributed by atoms with Gasteiger partial charge in [-0.1, -0.05) is 6.07 Å². The van der Waals surface area contributed by atoms with E-state index in [2.05, 4.69) is 4.98 Å². The summed E-state index contributed by atoms with van der Waals surface area (Å²) in [6.45, 7) is 0.673. The highest BCUT2D eigenvalue weighted by atomic mass is 16.5. The Morgan fingerprint density at radius 2 is 2.50 bits per heavy atom. The number of anilines is 1. The monoisotopic (exact) mass is 136 g/mol. The highest BCUT2D eigenvalue weighted by Crippen LogP contribution is 2.21. The number of hydrogen-bond acceptors (Lipinski definition) is 3. The second kappa shape index (κ2) is 1.95. The smallest absolute Gasteiger partial charge is 0.155 e. The molecule has 1 aliphatic rings. The molecule has 1 N–H and O–H groups in total. The van der Waals surface area contributed by atoms with E-state index < -0.39 is 0 Å². The van der Waals surface area contributed by atoms with E-state index in [4.69, 9.17) is 5.21 Å². The maximum absolute atomic E-state index is 9.15. The first-order valence-corrected chi connectivity index (χ1v) is 3.28. The zero-order valence-electron chi connectivity index (χ0n) is 5.49. The summed E-state index contributed by atoms with van der Waals surface area (Å²) in [5.41, 5.74) is 1.13. The number of nitrogens with zero attached hydrogens (tertiary/aromatic N) is 2. The zero-order valence-corrected chi connectivity index (χ0v) is 5.49. The highest BCUT2D eigenvalue weighted by molar-refractivity contribution is 5.48. The van der Waals surface area contributed by atoms with Crippen molar-refractivity contribution < 1.29 is 5.21 Å². The van der Waals surface area contributed by atoms with Crippen molar-refractivity contribution in [3.8, 4) is 0 Å². The molecular weight excluding hydrogens is 128 g/mol. The lowest BCUT2D eigenvalue weighted by atomic mass is 10.2. The fourth-order valence-corrected chi connectivity index (χ4v) is 1.19. The van der Waals surface area contributed by atoms with Gasteiger partial charge in [-0.25, -0.2) is 10.0 Å². The van der Waals surface area contributed by atoms with Gasteiger partial charge >= 0.3 is 0 Å². The van der Waals surface area contributed by atoms with Crippen LogP contribution in [0.1, 0.15) is 5.56 Å². The SMILES string of the molecule is ON1CCc2cccnc21. The Kier molecular flexibility index (Phi) is 1.11. The summed E-state index contributed by atoms with van der Waals surface area (Å²) in [6.07, 6.45) is 2.59. The molecule has 1 aromatic rings. The quantitative estimate of drug-likeness (QED) is 0.574. The van der Waals surface area contributed by atoms with Crippen molar-refractivity contribution in [2.24, 2.45) is 0 Å². The third kappa shape index (κ3) is 0.675. The first-order valence-electron chi connectivity index (χ1n) is 3.28. The average molecular weight is 136 g/mol. The third-order valence-corrected chi connectivity index (χ3v) is 1.70. The number of hydroxylamine groups is 1. The summed E-state index contributed by atoms with van der Waals surface area (Å²) in [5, 5.41) is 10.3. The van der Waals surface area contributed by atoms with Crippen LogP contribution in [0.15, 0.2) is 18.3 Å². The molecule has 0 bridgehead atoms. The summed E-state index contributed by atoms with van der Waals surface area (Å²) in [6, 6.07) is 3.87. The van der Waals surface area contributed by atoms with Crippen LogP contribution in [0.4, 0.5) is 5.82 Å². The molecule has 0 atom stereocenters. The lowest BCUT2D eigenvalue weighted by Gasteiger charge is -2.06. The average Bonchev–Trinajstić information content (AvgIpc) is 2.34. The largest absolute Gasteiger partial charge is 0.287 e. The van der Waals surface area contributed by atoms with Gasteiger partial charge in [0.25, 0.3) is 0 Å². The summed E-state index contributed by atoms with van der Waals surface area (Å²) >= 11 is 0. The van der Waals surface area contributed by atoms with Crippen LogP contribution >= 0.6 is 0 Å². The lowest BCUT2D eigenvalue weighted by Crippen LogP contribution is -2.14. The summed E-state index contributed by atoms with van der Waals surface area (Å²) in [4.78, 5) is 4.02. The Balaban J connectivity index is 2.51. The first kappa shape index (κ1) is 5.68. The molecule has 1 aromatic heterocycles. The molecule has 0 fully saturated rings. The molecular formula is C7H8N2O. The van der Waals surface area contributed by atoms with Crippen LogP contribution in [0.2, 0.25) is 0 Å². The normalized spacial score (nSPS) is 15.5. The van der Waals surface area contributed by atoms with Gasteiger partial charge in [0, 0.05) is 6.20 Å². The molecule has 3 heteroatoms. The van der Waals surface area contributed by atoms with Crippen molar-refractivity contribution in [2.45, 2.75) is 6.42 Å². The molecule has 0 aliphatic carbocycles. The Labute approximate surface area is 58.9 Å². The van der Waals surface area contributed by atoms with Crippen LogP contribution in [0.25, 0.3) is 0 Å². The van der Waals surface area contributed by atoms with Crippen LogP contribution in [0.5, 0.6) is 0 Å². The molecule has 1 aliphatic heterocycles. The first-order chi connectivity index (χ1) is 4.88. The zero-order chi connectivity index (χ0) is 6.97. The Hall–Kier alpha value is -1.09. The molecule has 0 radical (unpaired) electrons. The molecule has 3 nitrogen and oxygen atoms in total. The minimum absolute atomic E-state index is 0.673. The second-order valence-corrected chi connectivity index (χ2v) is 2.36. The second-order valence-electron chi connectivity index (χ2n) is 2.36. The fourth-order valence-electron chi connectivity index (χ4n) is 1.19. The number of fused-ring (bicyclic) bond motifs is 1. The number of hydrogen-bond donors (Lipinski definition) is 1. The van der Waals surface area contributed by atoms with E-state index in [0.717, 1.165) is 12.0 Å². The van der Waals surface area contributed by atoms with Crippen molar-refractivity contribution in [1.82, 2.24) is 4.98 Å². The Morgan fingerprint density at radius 1 is 1.60 bits per heavy atom. The standard InChI is InChI=1S/C7H8N2O/c10-9-5-3-6-2-1-4-8-7(6)9/h1-2,4,10H,3,5H2. The fraction of sp³-hybridized carbons (Fsp3) is 0.286. The molecule has 0 aromatic carbocycles. The van der Waals surface area contributed by atoms with Gasteiger partial charge in [-0.3, -0.25) is 5.21 Å². The maximum Gasteiger partial charge on any atom is 0.155 e. The van der Waals surface area contributed by atoms with Crippen LogP contribution in [0, 0.1) is 0 Å². The minimum atomic E-state index is 0.673. The summed E-state index contributed by atoms with van der Waals surface area (Å²) < 4.78 is 0. The van der Waals surface area contributed by atoms with E-state index in [-0.39, 0.29) is 0 Å². The molecule has 10 heavy (non-hydrogen) atoms. The van der Waals surface area contributed by atoms with Crippen molar-refractivity contribution >= 4 is 5.82 Å². The van der Waals surface area contributed by atoms with E-state index >= 15 is 0 Å². The topological polar surface area (TPSA) is 36.4 Å². The molecule has 0 amide bonds. The predicted molar refractivity (Wildman–Crippen MR) is 37.1 cm³/mol. The van der Waals surface area contributed by atoms with Crippen molar-refractivity contribution in [1.29, 1.82) is 0 Å². The maximum atomic E-state index is 9.15. The number of rotatable bonds is 0. The number of pyridine rings is 1. The predicted octanol–water partition coefficient (Wildman–Crippen LogP) is 0.833. The molecule has 0 spiro atoms. The summed E-state index contributed by atoms with van der Waals surface area (Å²) in [7, 11) is 0. The molecule has 52 valence electrons. The molecule has 2 rings (SSSR count). The van der Waals surface area contributed by atoms with Crippen LogP contribution < -0.4 is 5.06 Å². The Morgan fingerprint density at radius 3 is 3.30 bits per heavy atom. The van der Waals surface area contributed by atoms with Gasteiger partial charge in [0.15, 0.2) is 5.82 Å². The van der Waals surface area contributed by atoms with Crippen LogP contribution in [-0.4, -0.2) is 16.7 Å². The van der Waals surface area contributed by atoms with Gasteiger partial charge < -0.3 is 0 Å². The van der Waals surface area contributed by atoms with Crippen LogP contribution in [0.3, 0.4) is 0 Å². The molecule has 0 unspecified atom stereocenters. The number of aromatic nitrogens is 1. The van der Waals surface area contributed by atoms with E-state index in [1.165, 1.54) is 5.06 Å². The van der Waals surface area contributed by atoms with E-state index in [9.17, 15) is 0 Å². The third-order valence-electron chi connectivity index (χ3n) is 1.70. The van der Waals surface area contributed by atoms with Gasteiger partial charge in [-0.05, 0) is 18.1 Å². The molecule has 0 saturated carbocycles. The van der Waals surface area contributed by atoms with E-state index in [1.54, 1.807) is 6.20 Å². The summed E-state index contributed by atoms with van der Waals surface area (Å²) in [5.74, 6) is 0.711. The molecule has 0 saturated heterocycles. The van der Waals surface area contributed by atoms with Gasteiger partial charge in [-0.15, -0.1) is 0 Å². The Bertz CT molecular complexity index is 249.